The molecule has 1 aliphatic carbocycles. The molecule has 0 aromatic heterocycles. The molecular formula is C26H16N2O2. The van der Waals surface area contributed by atoms with Crippen LogP contribution in [0, 0.1) is 17.9 Å². The van der Waals surface area contributed by atoms with Crippen LogP contribution in [-0.4, -0.2) is 5.97 Å². The predicted molar refractivity (Wildman–Crippen MR) is 116 cm³/mol. The van der Waals surface area contributed by atoms with Crippen molar-refractivity contribution in [3.8, 4) is 17.2 Å². The zero-order chi connectivity index (χ0) is 21.1. The Bertz CT molecular complexity index is 1270. The standard InChI is InChI=1S/C26H16N2O2/c1-3-17-11-13-18(14-12-17)16-30-26(29)22-10-6-9-21-24(22)19-7-4-5-8-20(19)25(21)23(15-27)28-2/h3-14H,1,16H2/b25-23-. The van der Waals surface area contributed by atoms with Crippen LogP contribution < -0.4 is 0 Å². The Balaban J connectivity index is 1.74. The van der Waals surface area contributed by atoms with E-state index >= 15 is 0 Å². The van der Waals surface area contributed by atoms with Crippen LogP contribution in [0.2, 0.25) is 0 Å². The third-order valence-corrected chi connectivity index (χ3v) is 5.06. The second kappa shape index (κ2) is 7.91. The van der Waals surface area contributed by atoms with Gasteiger partial charge in [0.2, 0.25) is 0 Å². The Morgan fingerprint density at radius 1 is 1.03 bits per heavy atom. The summed E-state index contributed by atoms with van der Waals surface area (Å²) in [6.45, 7) is 11.3. The molecule has 4 rings (SSSR count). The molecule has 0 unspecified atom stereocenters. The first-order valence-electron chi connectivity index (χ1n) is 9.31. The zero-order valence-electron chi connectivity index (χ0n) is 16.1. The molecule has 0 amide bonds. The van der Waals surface area contributed by atoms with E-state index in [1.165, 1.54) is 0 Å². The minimum atomic E-state index is -0.447. The van der Waals surface area contributed by atoms with Crippen molar-refractivity contribution in [1.29, 1.82) is 5.26 Å². The number of hydrogen-bond donors (Lipinski definition) is 0. The molecule has 0 bridgehead atoms. The molecule has 0 spiro atoms. The average molecular weight is 388 g/mol. The lowest BCUT2D eigenvalue weighted by molar-refractivity contribution is 0.0473. The van der Waals surface area contributed by atoms with Crippen molar-refractivity contribution in [2.75, 3.05) is 0 Å². The monoisotopic (exact) mass is 388 g/mol. The van der Waals surface area contributed by atoms with Gasteiger partial charge in [0.1, 0.15) is 6.61 Å². The molecule has 0 saturated carbocycles. The summed E-state index contributed by atoms with van der Waals surface area (Å²) in [5, 5.41) is 9.44. The molecular weight excluding hydrogens is 372 g/mol. The van der Waals surface area contributed by atoms with E-state index in [1.807, 2.05) is 60.7 Å². The van der Waals surface area contributed by atoms with Gasteiger partial charge in [-0.1, -0.05) is 73.3 Å². The van der Waals surface area contributed by atoms with E-state index in [2.05, 4.69) is 11.4 Å². The van der Waals surface area contributed by atoms with Gasteiger partial charge in [0.25, 0.3) is 5.70 Å². The molecule has 3 aromatic carbocycles. The maximum absolute atomic E-state index is 12.9. The largest absolute Gasteiger partial charge is 0.457 e. The number of nitrogens with zero attached hydrogens (tertiary/aromatic N) is 2. The summed E-state index contributed by atoms with van der Waals surface area (Å²) in [6.07, 6.45) is 1.75. The molecule has 4 heteroatoms. The van der Waals surface area contributed by atoms with Crippen molar-refractivity contribution in [3.05, 3.63) is 118 Å². The number of carbonyl (C=O) groups excluding carboxylic acids is 1. The minimum absolute atomic E-state index is 0.00836. The first kappa shape index (κ1) is 18.9. The van der Waals surface area contributed by atoms with E-state index in [-0.39, 0.29) is 12.3 Å². The van der Waals surface area contributed by atoms with Crippen LogP contribution in [0.3, 0.4) is 0 Å². The van der Waals surface area contributed by atoms with Gasteiger partial charge in [-0.15, -0.1) is 0 Å². The van der Waals surface area contributed by atoms with Crippen molar-refractivity contribution >= 4 is 17.6 Å². The minimum Gasteiger partial charge on any atom is -0.457 e. The van der Waals surface area contributed by atoms with Gasteiger partial charge in [0.05, 0.1) is 18.2 Å². The summed E-state index contributed by atoms with van der Waals surface area (Å²) in [7, 11) is 0. The second-order valence-electron chi connectivity index (χ2n) is 6.74. The normalized spacial score (nSPS) is 12.7. The molecule has 0 saturated heterocycles. The Morgan fingerprint density at radius 2 is 1.73 bits per heavy atom. The Labute approximate surface area is 174 Å². The van der Waals surface area contributed by atoms with E-state index in [4.69, 9.17) is 11.3 Å². The van der Waals surface area contributed by atoms with Crippen LogP contribution >= 0.6 is 0 Å². The predicted octanol–water partition coefficient (Wildman–Crippen LogP) is 5.87. The molecule has 4 nitrogen and oxygen atoms in total. The van der Waals surface area contributed by atoms with E-state index in [0.717, 1.165) is 22.3 Å². The van der Waals surface area contributed by atoms with Crippen molar-refractivity contribution in [1.82, 2.24) is 0 Å². The summed E-state index contributed by atoms with van der Waals surface area (Å²) in [5.74, 6) is -0.447. The van der Waals surface area contributed by atoms with Gasteiger partial charge >= 0.3 is 5.97 Å². The van der Waals surface area contributed by atoms with Crippen LogP contribution in [0.4, 0.5) is 0 Å². The van der Waals surface area contributed by atoms with Crippen molar-refractivity contribution < 1.29 is 9.53 Å². The lowest BCUT2D eigenvalue weighted by Crippen LogP contribution is -2.07. The third-order valence-electron chi connectivity index (χ3n) is 5.06. The fourth-order valence-electron chi connectivity index (χ4n) is 3.65. The lowest BCUT2D eigenvalue weighted by Gasteiger charge is -2.10. The number of rotatable bonds is 4. The Hall–Kier alpha value is -4.41. The fraction of sp³-hybridized carbons (Fsp3) is 0.0385. The molecule has 1 aliphatic rings. The van der Waals surface area contributed by atoms with Gasteiger partial charge in [-0.2, -0.15) is 0 Å². The molecule has 0 N–H and O–H groups in total. The lowest BCUT2D eigenvalue weighted by atomic mass is 9.99. The number of benzene rings is 3. The highest BCUT2D eigenvalue weighted by Crippen LogP contribution is 2.47. The Kier molecular flexibility index (Phi) is 4.99. The van der Waals surface area contributed by atoms with E-state index in [0.29, 0.717) is 22.3 Å². The summed E-state index contributed by atoms with van der Waals surface area (Å²) in [5.41, 5.74) is 5.86. The molecule has 142 valence electrons. The summed E-state index contributed by atoms with van der Waals surface area (Å²) in [4.78, 5) is 16.3. The number of fused-ring (bicyclic) bond motifs is 3. The number of allylic oxidation sites excluding steroid dienone is 1. The zero-order valence-corrected chi connectivity index (χ0v) is 16.1. The molecule has 0 radical (unpaired) electrons. The number of hydrogen-bond acceptors (Lipinski definition) is 3. The molecule has 0 fully saturated rings. The summed E-state index contributed by atoms with van der Waals surface area (Å²) in [6, 6.07) is 22.4. The molecule has 3 aromatic rings. The molecule has 0 aliphatic heterocycles. The highest BCUT2D eigenvalue weighted by molar-refractivity contribution is 6.10. The van der Waals surface area contributed by atoms with Gasteiger partial charge in [0.15, 0.2) is 0 Å². The average Bonchev–Trinajstić information content (AvgIpc) is 3.13. The highest BCUT2D eigenvalue weighted by Gasteiger charge is 2.30. The first-order valence-corrected chi connectivity index (χ1v) is 9.31. The van der Waals surface area contributed by atoms with E-state index < -0.39 is 5.97 Å². The van der Waals surface area contributed by atoms with E-state index in [1.54, 1.807) is 18.2 Å². The SMILES string of the molecule is [C-]#[N+]/C(C#N)=C1/c2ccccc2-c2c(C(=O)OCc3ccc(C=C)cc3)cccc21. The Morgan fingerprint density at radius 3 is 2.40 bits per heavy atom. The third kappa shape index (κ3) is 3.17. The maximum Gasteiger partial charge on any atom is 0.339 e. The van der Waals surface area contributed by atoms with Crippen LogP contribution in [-0.2, 0) is 11.3 Å². The number of carbonyl (C=O) groups is 1. The maximum atomic E-state index is 12.9. The van der Waals surface area contributed by atoms with Gasteiger partial charge in [-0.05, 0) is 33.9 Å². The van der Waals surface area contributed by atoms with Gasteiger partial charge < -0.3 is 4.74 Å². The van der Waals surface area contributed by atoms with Crippen LogP contribution in [0.1, 0.15) is 32.6 Å². The fourth-order valence-corrected chi connectivity index (χ4v) is 3.65. The van der Waals surface area contributed by atoms with Gasteiger partial charge in [0, 0.05) is 11.1 Å². The van der Waals surface area contributed by atoms with Gasteiger partial charge in [-0.3, -0.25) is 0 Å². The van der Waals surface area contributed by atoms with E-state index in [9.17, 15) is 10.1 Å². The molecule has 30 heavy (non-hydrogen) atoms. The number of esters is 1. The highest BCUT2D eigenvalue weighted by atomic mass is 16.5. The quantitative estimate of drug-likeness (QED) is 0.250. The smallest absolute Gasteiger partial charge is 0.339 e. The van der Waals surface area contributed by atoms with Crippen LogP contribution in [0.25, 0.3) is 27.6 Å². The van der Waals surface area contributed by atoms with Gasteiger partial charge in [-0.25, -0.2) is 14.9 Å². The summed E-state index contributed by atoms with van der Waals surface area (Å²) >= 11 is 0. The van der Waals surface area contributed by atoms with Crippen LogP contribution in [0.15, 0.2) is 79.0 Å². The van der Waals surface area contributed by atoms with Crippen molar-refractivity contribution in [2.45, 2.75) is 6.61 Å². The van der Waals surface area contributed by atoms with Crippen LogP contribution in [0.5, 0.6) is 0 Å². The number of nitriles is 1. The number of ether oxygens (including phenoxy) is 1. The summed E-state index contributed by atoms with van der Waals surface area (Å²) < 4.78 is 5.57. The topological polar surface area (TPSA) is 54.5 Å². The molecule has 0 atom stereocenters. The molecule has 0 heterocycles. The first-order chi connectivity index (χ1) is 14.7. The second-order valence-corrected chi connectivity index (χ2v) is 6.74. The van der Waals surface area contributed by atoms with Crippen molar-refractivity contribution in [3.63, 3.8) is 0 Å². The van der Waals surface area contributed by atoms with Crippen molar-refractivity contribution in [2.24, 2.45) is 0 Å².